The maximum Gasteiger partial charge on any atom is 0.126 e. The van der Waals surface area contributed by atoms with Crippen molar-refractivity contribution in [3.8, 4) is 0 Å². The molecule has 0 bridgehead atoms. The summed E-state index contributed by atoms with van der Waals surface area (Å²) >= 11 is 1.56. The van der Waals surface area contributed by atoms with Gasteiger partial charge in [-0.3, -0.25) is 0 Å². The maximum atomic E-state index is 11.9. The third-order valence-electron chi connectivity index (χ3n) is 1.94. The normalized spacial score (nSPS) is 21.0. The molecule has 2 heterocycles. The topological polar surface area (TPSA) is 29.4 Å². The molecular weight excluding hydrogens is 190 g/mol. The lowest BCUT2D eigenvalue weighted by Gasteiger charge is -1.96. The van der Waals surface area contributed by atoms with Crippen molar-refractivity contribution in [1.29, 1.82) is 0 Å². The van der Waals surface area contributed by atoms with Crippen LogP contribution in [0, 0.1) is 0 Å². The monoisotopic (exact) mass is 201 g/mol. The molecule has 66 valence electrons. The number of hydrogen-bond acceptors (Lipinski definition) is 3. The van der Waals surface area contributed by atoms with Gasteiger partial charge in [0.25, 0.3) is 0 Å². The first kappa shape index (κ1) is 8.26. The predicted molar refractivity (Wildman–Crippen MR) is 53.5 cm³/mol. The number of rotatable bonds is 1. The molecule has 2 rings (SSSR count). The van der Waals surface area contributed by atoms with Crippen LogP contribution in [0.2, 0.25) is 0 Å². The van der Waals surface area contributed by atoms with Gasteiger partial charge in [-0.25, -0.2) is 4.21 Å². The Bertz CT molecular complexity index is 348. The third kappa shape index (κ3) is 1.69. The van der Waals surface area contributed by atoms with Crippen molar-refractivity contribution in [1.82, 2.24) is 0 Å². The van der Waals surface area contributed by atoms with Crippen LogP contribution in [0.3, 0.4) is 0 Å². The Morgan fingerprint density at radius 1 is 1.42 bits per heavy atom. The van der Waals surface area contributed by atoms with E-state index in [1.165, 1.54) is 0 Å². The molecule has 0 N–H and O–H groups in total. The fraction of sp³-hybridized carbons (Fsp3) is 0.500. The molecule has 12 heavy (non-hydrogen) atoms. The molecule has 0 saturated carbocycles. The molecule has 0 amide bonds. The highest BCUT2D eigenvalue weighted by Crippen LogP contribution is 2.24. The summed E-state index contributed by atoms with van der Waals surface area (Å²) in [4.78, 5) is 0. The number of hydrogen-bond donors (Lipinski definition) is 0. The van der Waals surface area contributed by atoms with E-state index < -0.39 is 9.73 Å². The van der Waals surface area contributed by atoms with Gasteiger partial charge in [-0.05, 0) is 30.4 Å². The first-order valence-electron chi connectivity index (χ1n) is 4.05. The van der Waals surface area contributed by atoms with Crippen LogP contribution in [-0.4, -0.2) is 15.7 Å². The fourth-order valence-corrected chi connectivity index (χ4v) is 4.45. The van der Waals surface area contributed by atoms with E-state index in [4.69, 9.17) is 0 Å². The Morgan fingerprint density at radius 2 is 2.17 bits per heavy atom. The zero-order chi connectivity index (χ0) is 8.44. The van der Waals surface area contributed by atoms with Gasteiger partial charge in [-0.15, -0.1) is 11.3 Å². The number of thiophene rings is 1. The van der Waals surface area contributed by atoms with Crippen molar-refractivity contribution >= 4 is 26.1 Å². The standard InChI is InChI=1S/C8H11NOS2/c10-12(6-1-2-7-12)9-8-4-3-5-11-8/h3-5H,1-2,6-7H2. The Balaban J connectivity index is 2.34. The summed E-state index contributed by atoms with van der Waals surface area (Å²) in [6.07, 6.45) is 2.15. The molecule has 0 spiro atoms. The van der Waals surface area contributed by atoms with Crippen molar-refractivity contribution in [3.63, 3.8) is 0 Å². The molecule has 4 heteroatoms. The summed E-state index contributed by atoms with van der Waals surface area (Å²) in [5.74, 6) is 1.59. The van der Waals surface area contributed by atoms with E-state index in [0.717, 1.165) is 29.3 Å². The number of nitrogens with zero attached hydrogens (tertiary/aromatic N) is 1. The zero-order valence-corrected chi connectivity index (χ0v) is 8.37. The van der Waals surface area contributed by atoms with Gasteiger partial charge in [-0.1, -0.05) is 0 Å². The van der Waals surface area contributed by atoms with E-state index in [-0.39, 0.29) is 0 Å². The summed E-state index contributed by atoms with van der Waals surface area (Å²) in [5, 5.41) is 2.89. The van der Waals surface area contributed by atoms with E-state index in [1.54, 1.807) is 11.3 Å². The molecule has 1 aliphatic rings. The Kier molecular flexibility index (Phi) is 2.19. The Labute approximate surface area is 76.8 Å². The second-order valence-electron chi connectivity index (χ2n) is 2.93. The van der Waals surface area contributed by atoms with E-state index >= 15 is 0 Å². The maximum absolute atomic E-state index is 11.9. The SMILES string of the molecule is O=S1(=Nc2cccs2)CCCC1. The van der Waals surface area contributed by atoms with E-state index in [9.17, 15) is 4.21 Å². The minimum atomic E-state index is -1.84. The molecule has 2 nitrogen and oxygen atoms in total. The minimum Gasteiger partial charge on any atom is -0.249 e. The molecule has 0 radical (unpaired) electrons. The summed E-state index contributed by atoms with van der Waals surface area (Å²) < 4.78 is 16.2. The van der Waals surface area contributed by atoms with Crippen LogP contribution >= 0.6 is 11.3 Å². The highest BCUT2D eigenvalue weighted by Gasteiger charge is 2.16. The largest absolute Gasteiger partial charge is 0.249 e. The van der Waals surface area contributed by atoms with Gasteiger partial charge in [0, 0.05) is 11.5 Å². The Hall–Kier alpha value is -0.350. The minimum absolute atomic E-state index is 0.797. The molecule has 0 aromatic carbocycles. The van der Waals surface area contributed by atoms with Crippen molar-refractivity contribution < 1.29 is 4.21 Å². The van der Waals surface area contributed by atoms with Gasteiger partial charge in [-0.2, -0.15) is 4.36 Å². The van der Waals surface area contributed by atoms with Gasteiger partial charge >= 0.3 is 0 Å². The van der Waals surface area contributed by atoms with Crippen LogP contribution in [0.1, 0.15) is 12.8 Å². The van der Waals surface area contributed by atoms with Gasteiger partial charge in [0.2, 0.25) is 0 Å². The highest BCUT2D eigenvalue weighted by molar-refractivity contribution is 7.94. The first-order valence-corrected chi connectivity index (χ1v) is 6.78. The van der Waals surface area contributed by atoms with Crippen LogP contribution in [0.25, 0.3) is 0 Å². The summed E-state index contributed by atoms with van der Waals surface area (Å²) in [6.45, 7) is 0. The summed E-state index contributed by atoms with van der Waals surface area (Å²) in [5.41, 5.74) is 0. The van der Waals surface area contributed by atoms with E-state index in [1.807, 2.05) is 17.5 Å². The average Bonchev–Trinajstić information content (AvgIpc) is 2.62. The van der Waals surface area contributed by atoms with Crippen molar-refractivity contribution in [2.24, 2.45) is 4.36 Å². The zero-order valence-electron chi connectivity index (χ0n) is 6.73. The molecule has 1 saturated heterocycles. The van der Waals surface area contributed by atoms with E-state index in [2.05, 4.69) is 4.36 Å². The van der Waals surface area contributed by atoms with Gasteiger partial charge in [0.15, 0.2) is 0 Å². The van der Waals surface area contributed by atoms with Gasteiger partial charge < -0.3 is 0 Å². The molecule has 0 aliphatic carbocycles. The smallest absolute Gasteiger partial charge is 0.126 e. The van der Waals surface area contributed by atoms with Crippen LogP contribution < -0.4 is 0 Å². The second kappa shape index (κ2) is 3.18. The van der Waals surface area contributed by atoms with Gasteiger partial charge in [0.1, 0.15) is 5.00 Å². The molecular formula is C8H11NOS2. The molecule has 0 atom stereocenters. The van der Waals surface area contributed by atoms with Crippen molar-refractivity contribution in [2.75, 3.05) is 11.5 Å². The van der Waals surface area contributed by atoms with Crippen LogP contribution in [0.5, 0.6) is 0 Å². The fourth-order valence-electron chi connectivity index (χ4n) is 1.33. The highest BCUT2D eigenvalue weighted by atomic mass is 32.2. The lowest BCUT2D eigenvalue weighted by Crippen LogP contribution is -1.98. The predicted octanol–water partition coefficient (Wildman–Crippen LogP) is 2.64. The lowest BCUT2D eigenvalue weighted by molar-refractivity contribution is 0.681. The molecule has 1 aromatic rings. The molecule has 1 aromatic heterocycles. The molecule has 1 aliphatic heterocycles. The van der Waals surface area contributed by atoms with E-state index in [0.29, 0.717) is 0 Å². The van der Waals surface area contributed by atoms with Crippen LogP contribution in [-0.2, 0) is 9.73 Å². The average molecular weight is 201 g/mol. The molecule has 1 fully saturated rings. The molecule has 0 unspecified atom stereocenters. The summed E-state index contributed by atoms with van der Waals surface area (Å²) in [6, 6.07) is 3.87. The second-order valence-corrected chi connectivity index (χ2v) is 6.40. The van der Waals surface area contributed by atoms with Crippen molar-refractivity contribution in [3.05, 3.63) is 17.5 Å². The van der Waals surface area contributed by atoms with Crippen LogP contribution in [0.4, 0.5) is 5.00 Å². The Morgan fingerprint density at radius 3 is 2.75 bits per heavy atom. The van der Waals surface area contributed by atoms with Gasteiger partial charge in [0.05, 0.1) is 9.73 Å². The third-order valence-corrected chi connectivity index (χ3v) is 5.20. The first-order chi connectivity index (χ1) is 5.79. The lowest BCUT2D eigenvalue weighted by atomic mass is 10.4. The van der Waals surface area contributed by atoms with Crippen molar-refractivity contribution in [2.45, 2.75) is 12.8 Å². The quantitative estimate of drug-likeness (QED) is 0.687. The van der Waals surface area contributed by atoms with Crippen LogP contribution in [0.15, 0.2) is 21.9 Å². The summed E-state index contributed by atoms with van der Waals surface area (Å²) in [7, 11) is -1.84.